The maximum Gasteiger partial charge on any atom is 0.321 e. The second-order valence-corrected chi connectivity index (χ2v) is 8.58. The lowest BCUT2D eigenvalue weighted by Gasteiger charge is -2.36. The Morgan fingerprint density at radius 1 is 1.19 bits per heavy atom. The number of methoxy groups -OCH3 is 1. The Bertz CT molecular complexity index is 895. The molecule has 1 aliphatic heterocycles. The average Bonchev–Trinajstić information content (AvgIpc) is 2.81. The van der Waals surface area contributed by atoms with E-state index >= 15 is 0 Å². The van der Waals surface area contributed by atoms with Crippen molar-refractivity contribution < 1.29 is 23.4 Å². The molecule has 1 saturated heterocycles. The molecule has 3 rings (SSSR count). The summed E-state index contributed by atoms with van der Waals surface area (Å²) in [5, 5.41) is 2.90. The van der Waals surface area contributed by atoms with Crippen molar-refractivity contribution in [1.82, 2.24) is 5.32 Å². The summed E-state index contributed by atoms with van der Waals surface area (Å²) < 4.78 is 31.5. The molecule has 2 aromatic carbocycles. The first-order valence-corrected chi connectivity index (χ1v) is 11.0. The Balaban J connectivity index is 1.64. The number of urea groups is 1. The van der Waals surface area contributed by atoms with Gasteiger partial charge in [-0.05, 0) is 41.3 Å². The topological polar surface area (TPSA) is 60.0 Å². The van der Waals surface area contributed by atoms with Gasteiger partial charge < -0.3 is 19.5 Å². The smallest absolute Gasteiger partial charge is 0.321 e. The highest BCUT2D eigenvalue weighted by atomic mass is 19.1. The standard InChI is InChI=1S/C25H33FN2O4/c1-18(2)16-27-24(29)28(3)22-7-5-19(6-8-22)17-32-23-14-20(13-21(26)15-23)25(30-4)9-11-31-12-10-25/h5-8,13-15,18H,9-12,16-17H2,1-4H3,(H,27,29). The van der Waals surface area contributed by atoms with Gasteiger partial charge in [0.25, 0.3) is 0 Å². The van der Waals surface area contributed by atoms with Crippen molar-refractivity contribution >= 4 is 11.7 Å². The van der Waals surface area contributed by atoms with Crippen LogP contribution in [0.3, 0.4) is 0 Å². The summed E-state index contributed by atoms with van der Waals surface area (Å²) in [6.07, 6.45) is 1.35. The number of hydrogen-bond acceptors (Lipinski definition) is 4. The summed E-state index contributed by atoms with van der Waals surface area (Å²) in [5.74, 6) is 0.488. The average molecular weight is 445 g/mol. The van der Waals surface area contributed by atoms with Crippen LogP contribution in [0.25, 0.3) is 0 Å². The number of nitrogens with zero attached hydrogens (tertiary/aromatic N) is 1. The molecular formula is C25H33FN2O4. The van der Waals surface area contributed by atoms with Gasteiger partial charge in [-0.1, -0.05) is 26.0 Å². The number of halogens is 1. The molecule has 2 amide bonds. The molecule has 174 valence electrons. The molecule has 32 heavy (non-hydrogen) atoms. The number of nitrogens with one attached hydrogen (secondary N) is 1. The van der Waals surface area contributed by atoms with Crippen LogP contribution in [0.2, 0.25) is 0 Å². The molecule has 0 aromatic heterocycles. The Kier molecular flexibility index (Phi) is 8.10. The van der Waals surface area contributed by atoms with Crippen molar-refractivity contribution in [1.29, 1.82) is 0 Å². The van der Waals surface area contributed by atoms with E-state index in [1.54, 1.807) is 19.1 Å². The van der Waals surface area contributed by atoms with Gasteiger partial charge >= 0.3 is 6.03 Å². The van der Waals surface area contributed by atoms with Crippen LogP contribution in [0.5, 0.6) is 5.75 Å². The lowest BCUT2D eigenvalue weighted by atomic mass is 9.86. The fourth-order valence-corrected chi connectivity index (χ4v) is 3.73. The molecule has 2 aromatic rings. The molecule has 1 fully saturated rings. The van der Waals surface area contributed by atoms with Crippen molar-refractivity contribution in [2.24, 2.45) is 5.92 Å². The second-order valence-electron chi connectivity index (χ2n) is 8.58. The van der Waals surface area contributed by atoms with E-state index in [0.717, 1.165) is 16.8 Å². The van der Waals surface area contributed by atoms with E-state index in [0.29, 0.717) is 44.3 Å². The van der Waals surface area contributed by atoms with Crippen molar-refractivity contribution in [3.8, 4) is 5.75 Å². The van der Waals surface area contributed by atoms with Gasteiger partial charge in [0, 0.05) is 58.5 Å². The Labute approximate surface area is 189 Å². The molecule has 0 atom stereocenters. The maximum absolute atomic E-state index is 14.3. The van der Waals surface area contributed by atoms with Gasteiger partial charge in [0.05, 0.1) is 5.60 Å². The summed E-state index contributed by atoms with van der Waals surface area (Å²) in [4.78, 5) is 13.8. The second kappa shape index (κ2) is 10.8. The number of carbonyl (C=O) groups excluding carboxylic acids is 1. The third-order valence-corrected chi connectivity index (χ3v) is 5.78. The maximum atomic E-state index is 14.3. The summed E-state index contributed by atoms with van der Waals surface area (Å²) in [7, 11) is 3.38. The van der Waals surface area contributed by atoms with E-state index in [1.165, 1.54) is 12.1 Å². The number of ether oxygens (including phenoxy) is 3. The summed E-state index contributed by atoms with van der Waals surface area (Å²) in [6, 6.07) is 12.1. The molecule has 0 bridgehead atoms. The van der Waals surface area contributed by atoms with Crippen LogP contribution in [0.1, 0.15) is 37.8 Å². The number of anilines is 1. The normalized spacial score (nSPS) is 15.4. The quantitative estimate of drug-likeness (QED) is 0.632. The lowest BCUT2D eigenvalue weighted by Crippen LogP contribution is -2.38. The van der Waals surface area contributed by atoms with Gasteiger partial charge in [-0.15, -0.1) is 0 Å². The monoisotopic (exact) mass is 444 g/mol. The summed E-state index contributed by atoms with van der Waals surface area (Å²) in [6.45, 7) is 6.18. The van der Waals surface area contributed by atoms with Crippen LogP contribution in [-0.4, -0.2) is 39.9 Å². The summed E-state index contributed by atoms with van der Waals surface area (Å²) in [5.41, 5.74) is 1.91. The first kappa shape index (κ1) is 24.0. The fraction of sp³-hybridized carbons (Fsp3) is 0.480. The van der Waals surface area contributed by atoms with Crippen LogP contribution >= 0.6 is 0 Å². The predicted octanol–water partition coefficient (Wildman–Crippen LogP) is 4.86. The van der Waals surface area contributed by atoms with E-state index in [4.69, 9.17) is 14.2 Å². The molecular weight excluding hydrogens is 411 g/mol. The lowest BCUT2D eigenvalue weighted by molar-refractivity contribution is -0.0950. The Morgan fingerprint density at radius 3 is 2.50 bits per heavy atom. The third kappa shape index (κ3) is 5.99. The highest BCUT2D eigenvalue weighted by molar-refractivity contribution is 5.91. The first-order chi connectivity index (χ1) is 15.3. The van der Waals surface area contributed by atoms with E-state index < -0.39 is 5.60 Å². The fourth-order valence-electron chi connectivity index (χ4n) is 3.73. The number of amides is 2. The minimum Gasteiger partial charge on any atom is -0.489 e. The first-order valence-electron chi connectivity index (χ1n) is 11.0. The number of rotatable bonds is 8. The number of carbonyl (C=O) groups is 1. The Morgan fingerprint density at radius 2 is 1.88 bits per heavy atom. The van der Waals surface area contributed by atoms with Gasteiger partial charge in [0.2, 0.25) is 0 Å². The van der Waals surface area contributed by atoms with Gasteiger partial charge in [0.15, 0.2) is 0 Å². The van der Waals surface area contributed by atoms with Gasteiger partial charge in [-0.25, -0.2) is 9.18 Å². The molecule has 0 spiro atoms. The zero-order chi connectivity index (χ0) is 23.1. The minimum absolute atomic E-state index is 0.143. The molecule has 0 unspecified atom stereocenters. The third-order valence-electron chi connectivity index (χ3n) is 5.78. The van der Waals surface area contributed by atoms with Gasteiger partial charge in [-0.2, -0.15) is 0 Å². The van der Waals surface area contributed by atoms with Gasteiger partial charge in [0.1, 0.15) is 18.2 Å². The minimum atomic E-state index is -0.555. The number of hydrogen-bond donors (Lipinski definition) is 1. The zero-order valence-electron chi connectivity index (χ0n) is 19.3. The molecule has 6 nitrogen and oxygen atoms in total. The Hall–Kier alpha value is -2.64. The molecule has 1 N–H and O–H groups in total. The molecule has 0 radical (unpaired) electrons. The van der Waals surface area contributed by atoms with Gasteiger partial charge in [-0.3, -0.25) is 4.90 Å². The molecule has 7 heteroatoms. The highest BCUT2D eigenvalue weighted by Gasteiger charge is 2.35. The largest absolute Gasteiger partial charge is 0.489 e. The van der Waals surface area contributed by atoms with Crippen LogP contribution in [0.4, 0.5) is 14.9 Å². The zero-order valence-corrected chi connectivity index (χ0v) is 19.3. The van der Waals surface area contributed by atoms with E-state index in [1.807, 2.05) is 30.3 Å². The van der Waals surface area contributed by atoms with E-state index in [9.17, 15) is 9.18 Å². The van der Waals surface area contributed by atoms with Crippen molar-refractivity contribution in [3.63, 3.8) is 0 Å². The molecule has 0 aliphatic carbocycles. The van der Waals surface area contributed by atoms with E-state index in [2.05, 4.69) is 19.2 Å². The molecule has 0 saturated carbocycles. The highest BCUT2D eigenvalue weighted by Crippen LogP contribution is 2.37. The van der Waals surface area contributed by atoms with Crippen LogP contribution in [-0.2, 0) is 21.7 Å². The predicted molar refractivity (Wildman–Crippen MR) is 123 cm³/mol. The SMILES string of the molecule is COC1(c2cc(F)cc(OCc3ccc(N(C)C(=O)NCC(C)C)cc3)c2)CCOCC1. The molecule has 1 heterocycles. The van der Waals surface area contributed by atoms with Crippen molar-refractivity contribution in [2.75, 3.05) is 38.8 Å². The van der Waals surface area contributed by atoms with Crippen molar-refractivity contribution in [2.45, 2.75) is 38.9 Å². The van der Waals surface area contributed by atoms with Crippen molar-refractivity contribution in [3.05, 3.63) is 59.4 Å². The number of benzene rings is 2. The summed E-state index contributed by atoms with van der Waals surface area (Å²) >= 11 is 0. The molecule has 1 aliphatic rings. The van der Waals surface area contributed by atoms with E-state index in [-0.39, 0.29) is 18.5 Å². The van der Waals surface area contributed by atoms with Crippen LogP contribution in [0.15, 0.2) is 42.5 Å². The van der Waals surface area contributed by atoms with Crippen LogP contribution < -0.4 is 15.0 Å². The van der Waals surface area contributed by atoms with Crippen LogP contribution in [0, 0.1) is 11.7 Å².